The predicted octanol–water partition coefficient (Wildman–Crippen LogP) is 14.2. The third kappa shape index (κ3) is 44.1. The number of allylic oxidation sites excluding steroid dienone is 2. The Hall–Kier alpha value is -1.25. The zero-order valence-electron chi connectivity index (χ0n) is 37.3. The molecule has 0 aliphatic carbocycles. The van der Waals surface area contributed by atoms with E-state index in [1.165, 1.54) is 161 Å². The number of phosphoric acid groups is 1. The van der Waals surface area contributed by atoms with Gasteiger partial charge in [-0.1, -0.05) is 206 Å². The standard InChI is InChI=1S/C47H92NO8P/c1-3-5-7-9-11-13-15-17-19-20-21-22-23-24-26-27-29-31-33-35-37-39-46(49)53-43-45(44-55-57(51,52)54-42-41-48)56-47(50)40-38-36-34-32-30-28-25-18-16-14-12-10-8-6-4-2/h18,25,45H,3-17,19-24,26-44,48H2,1-2H3,(H,51,52)/t45-/m1/s1. The number of hydrogen-bond acceptors (Lipinski definition) is 8. The first kappa shape index (κ1) is 55.8. The summed E-state index contributed by atoms with van der Waals surface area (Å²) < 4.78 is 32.9. The van der Waals surface area contributed by atoms with E-state index in [1.807, 2.05) is 0 Å². The quantitative estimate of drug-likeness (QED) is 0.0266. The summed E-state index contributed by atoms with van der Waals surface area (Å²) in [6, 6.07) is 0. The van der Waals surface area contributed by atoms with Crippen LogP contribution in [-0.4, -0.2) is 49.3 Å². The zero-order valence-corrected chi connectivity index (χ0v) is 38.2. The van der Waals surface area contributed by atoms with Gasteiger partial charge in [0.15, 0.2) is 6.10 Å². The molecule has 0 spiro atoms. The van der Waals surface area contributed by atoms with E-state index < -0.39 is 26.5 Å². The van der Waals surface area contributed by atoms with Gasteiger partial charge in [-0.3, -0.25) is 18.6 Å². The van der Waals surface area contributed by atoms with Crippen LogP contribution in [0.5, 0.6) is 0 Å². The Bertz CT molecular complexity index is 948. The van der Waals surface area contributed by atoms with Crippen LogP contribution in [0.2, 0.25) is 0 Å². The van der Waals surface area contributed by atoms with Gasteiger partial charge in [-0.2, -0.15) is 0 Å². The van der Waals surface area contributed by atoms with Gasteiger partial charge in [0.1, 0.15) is 6.61 Å². The van der Waals surface area contributed by atoms with Crippen LogP contribution >= 0.6 is 7.82 Å². The number of nitrogens with two attached hydrogens (primary N) is 1. The van der Waals surface area contributed by atoms with Crippen molar-refractivity contribution in [1.29, 1.82) is 0 Å². The maximum absolute atomic E-state index is 12.6. The van der Waals surface area contributed by atoms with Gasteiger partial charge < -0.3 is 20.1 Å². The number of carbonyl (C=O) groups excluding carboxylic acids is 2. The molecule has 10 heteroatoms. The number of hydrogen-bond donors (Lipinski definition) is 2. The third-order valence-electron chi connectivity index (χ3n) is 10.7. The molecule has 0 saturated carbocycles. The van der Waals surface area contributed by atoms with Crippen LogP contribution in [0.1, 0.15) is 245 Å². The lowest BCUT2D eigenvalue weighted by Crippen LogP contribution is -2.29. The highest BCUT2D eigenvalue weighted by Gasteiger charge is 2.26. The summed E-state index contributed by atoms with van der Waals surface area (Å²) >= 11 is 0. The Kier molecular flexibility index (Phi) is 43.3. The summed E-state index contributed by atoms with van der Waals surface area (Å²) in [5, 5.41) is 0. The van der Waals surface area contributed by atoms with E-state index >= 15 is 0 Å². The van der Waals surface area contributed by atoms with Gasteiger partial charge in [-0.15, -0.1) is 0 Å². The molecule has 0 saturated heterocycles. The number of phosphoric ester groups is 1. The molecule has 0 aromatic rings. The first-order valence-electron chi connectivity index (χ1n) is 24.2. The van der Waals surface area contributed by atoms with Crippen LogP contribution in [0.25, 0.3) is 0 Å². The number of rotatable bonds is 46. The monoisotopic (exact) mass is 830 g/mol. The van der Waals surface area contributed by atoms with Crippen molar-refractivity contribution in [3.05, 3.63) is 12.2 Å². The Morgan fingerprint density at radius 1 is 0.509 bits per heavy atom. The molecule has 338 valence electrons. The summed E-state index contributed by atoms with van der Waals surface area (Å²) in [6.45, 7) is 3.76. The molecule has 2 atom stereocenters. The SMILES string of the molecule is CCCCCCCCC=CCCCCCCCC(=O)O[C@H](COC(=O)CCCCCCCCCCCCCCCCCCCCCCC)COP(=O)(O)OCCN. The summed E-state index contributed by atoms with van der Waals surface area (Å²) in [4.78, 5) is 34.9. The molecule has 0 rings (SSSR count). The zero-order chi connectivity index (χ0) is 41.8. The van der Waals surface area contributed by atoms with Crippen molar-refractivity contribution < 1.29 is 37.6 Å². The normalized spacial score (nSPS) is 13.3. The Morgan fingerprint density at radius 3 is 1.25 bits per heavy atom. The summed E-state index contributed by atoms with van der Waals surface area (Å²) in [7, 11) is -4.38. The lowest BCUT2D eigenvalue weighted by atomic mass is 10.0. The maximum atomic E-state index is 12.6. The van der Waals surface area contributed by atoms with Crippen LogP contribution in [0.4, 0.5) is 0 Å². The highest BCUT2D eigenvalue weighted by atomic mass is 31.2. The molecule has 0 heterocycles. The highest BCUT2D eigenvalue weighted by molar-refractivity contribution is 7.47. The molecule has 3 N–H and O–H groups in total. The van der Waals surface area contributed by atoms with Gasteiger partial charge in [-0.25, -0.2) is 4.57 Å². The van der Waals surface area contributed by atoms with Crippen LogP contribution in [0.15, 0.2) is 12.2 Å². The van der Waals surface area contributed by atoms with Crippen molar-refractivity contribution in [3.8, 4) is 0 Å². The van der Waals surface area contributed by atoms with Crippen LogP contribution < -0.4 is 5.73 Å². The fraction of sp³-hybridized carbons (Fsp3) is 0.915. The summed E-state index contributed by atoms with van der Waals surface area (Å²) in [6.07, 6.45) is 46.8. The van der Waals surface area contributed by atoms with Crippen LogP contribution in [0.3, 0.4) is 0 Å². The number of ether oxygens (including phenoxy) is 2. The molecule has 0 radical (unpaired) electrons. The molecule has 9 nitrogen and oxygen atoms in total. The third-order valence-corrected chi connectivity index (χ3v) is 11.6. The molecule has 0 bridgehead atoms. The molecule has 57 heavy (non-hydrogen) atoms. The molecule has 0 aliphatic heterocycles. The topological polar surface area (TPSA) is 134 Å². The predicted molar refractivity (Wildman–Crippen MR) is 238 cm³/mol. The van der Waals surface area contributed by atoms with E-state index in [4.69, 9.17) is 24.3 Å². The van der Waals surface area contributed by atoms with Crippen molar-refractivity contribution >= 4 is 19.8 Å². The number of unbranched alkanes of at least 4 members (excludes halogenated alkanes) is 31. The van der Waals surface area contributed by atoms with Gasteiger partial charge in [0.05, 0.1) is 13.2 Å². The first-order valence-corrected chi connectivity index (χ1v) is 25.7. The smallest absolute Gasteiger partial charge is 0.462 e. The lowest BCUT2D eigenvalue weighted by molar-refractivity contribution is -0.161. The molecular weight excluding hydrogens is 737 g/mol. The van der Waals surface area contributed by atoms with Crippen LogP contribution in [-0.2, 0) is 32.7 Å². The number of carbonyl (C=O) groups is 2. The van der Waals surface area contributed by atoms with Crippen LogP contribution in [0, 0.1) is 0 Å². The Labute approximate surface area is 351 Å². The molecule has 0 amide bonds. The van der Waals surface area contributed by atoms with Crippen molar-refractivity contribution in [3.63, 3.8) is 0 Å². The fourth-order valence-electron chi connectivity index (χ4n) is 7.04. The van der Waals surface area contributed by atoms with E-state index in [2.05, 4.69) is 26.0 Å². The second-order valence-electron chi connectivity index (χ2n) is 16.3. The second-order valence-corrected chi connectivity index (χ2v) is 17.8. The fourth-order valence-corrected chi connectivity index (χ4v) is 7.81. The van der Waals surface area contributed by atoms with Crippen molar-refractivity contribution in [1.82, 2.24) is 0 Å². The average Bonchev–Trinajstić information content (AvgIpc) is 3.20. The maximum Gasteiger partial charge on any atom is 0.472 e. The molecule has 0 aromatic heterocycles. The summed E-state index contributed by atoms with van der Waals surface area (Å²) in [5.74, 6) is -0.824. The van der Waals surface area contributed by atoms with Crippen molar-refractivity contribution in [2.24, 2.45) is 5.73 Å². The van der Waals surface area contributed by atoms with E-state index in [1.54, 1.807) is 0 Å². The largest absolute Gasteiger partial charge is 0.472 e. The molecule has 0 aromatic carbocycles. The molecule has 0 aliphatic rings. The minimum Gasteiger partial charge on any atom is -0.462 e. The van der Waals surface area contributed by atoms with E-state index in [9.17, 15) is 19.0 Å². The minimum atomic E-state index is -4.38. The molecule has 0 fully saturated rings. The van der Waals surface area contributed by atoms with E-state index in [-0.39, 0.29) is 38.6 Å². The Balaban J connectivity index is 4.02. The first-order chi connectivity index (χ1) is 27.8. The molecular formula is C47H92NO8P. The van der Waals surface area contributed by atoms with Gasteiger partial charge in [0.25, 0.3) is 0 Å². The van der Waals surface area contributed by atoms with Crippen molar-refractivity contribution in [2.45, 2.75) is 251 Å². The van der Waals surface area contributed by atoms with E-state index in [0.29, 0.717) is 6.42 Å². The van der Waals surface area contributed by atoms with Gasteiger partial charge in [-0.05, 0) is 38.5 Å². The minimum absolute atomic E-state index is 0.0550. The molecule has 1 unspecified atom stereocenters. The number of esters is 2. The lowest BCUT2D eigenvalue weighted by Gasteiger charge is -2.19. The van der Waals surface area contributed by atoms with Gasteiger partial charge in [0, 0.05) is 19.4 Å². The average molecular weight is 830 g/mol. The Morgan fingerprint density at radius 2 is 0.860 bits per heavy atom. The van der Waals surface area contributed by atoms with Crippen molar-refractivity contribution in [2.75, 3.05) is 26.4 Å². The van der Waals surface area contributed by atoms with E-state index in [0.717, 1.165) is 51.4 Å². The van der Waals surface area contributed by atoms with Gasteiger partial charge in [0.2, 0.25) is 0 Å². The highest BCUT2D eigenvalue weighted by Crippen LogP contribution is 2.43. The second kappa shape index (κ2) is 44.3. The van der Waals surface area contributed by atoms with Gasteiger partial charge >= 0.3 is 19.8 Å². The summed E-state index contributed by atoms with van der Waals surface area (Å²) in [5.41, 5.74) is 5.36.